The largest absolute Gasteiger partial charge is 0.417 e. The summed E-state index contributed by atoms with van der Waals surface area (Å²) in [4.78, 5) is 31.1. The quantitative estimate of drug-likeness (QED) is 0.253. The highest BCUT2D eigenvalue weighted by atomic mass is 127. The normalized spacial score (nSPS) is 22.8. The third-order valence-electron chi connectivity index (χ3n) is 7.26. The van der Waals surface area contributed by atoms with E-state index in [-0.39, 0.29) is 23.8 Å². The predicted octanol–water partition coefficient (Wildman–Crippen LogP) is 4.49. The SMILES string of the molecule is C[C@@H]1CN(c2cc(F)c(C3=CCNC(CI)C3)cc2NC(=O)c2c[nH]c(=O)cc2C(F)(F)F)C[C@H](C)N1C. The molecule has 206 valence electrons. The van der Waals surface area contributed by atoms with Crippen molar-refractivity contribution in [2.24, 2.45) is 0 Å². The Balaban J connectivity index is 1.78. The zero-order valence-electron chi connectivity index (χ0n) is 21.3. The number of piperazine rings is 1. The third-order valence-corrected chi connectivity index (χ3v) is 8.33. The summed E-state index contributed by atoms with van der Waals surface area (Å²) < 4.78 is 57.3. The smallest absolute Gasteiger partial charge is 0.367 e. The van der Waals surface area contributed by atoms with Crippen molar-refractivity contribution < 1.29 is 22.4 Å². The lowest BCUT2D eigenvalue weighted by Gasteiger charge is -2.44. The van der Waals surface area contributed by atoms with Crippen molar-refractivity contribution in [1.29, 1.82) is 0 Å². The molecule has 0 bridgehead atoms. The molecule has 3 atom stereocenters. The van der Waals surface area contributed by atoms with Gasteiger partial charge >= 0.3 is 6.18 Å². The molecule has 3 heterocycles. The van der Waals surface area contributed by atoms with E-state index in [1.165, 1.54) is 12.1 Å². The number of rotatable bonds is 5. The van der Waals surface area contributed by atoms with Gasteiger partial charge in [0.15, 0.2) is 0 Å². The Morgan fingerprint density at radius 2 is 1.87 bits per heavy atom. The third kappa shape index (κ3) is 6.07. The maximum Gasteiger partial charge on any atom is 0.417 e. The van der Waals surface area contributed by atoms with Crippen molar-refractivity contribution >= 4 is 45.4 Å². The van der Waals surface area contributed by atoms with Gasteiger partial charge in [0.2, 0.25) is 5.56 Å². The number of alkyl halides is 4. The van der Waals surface area contributed by atoms with E-state index in [9.17, 15) is 22.8 Å². The van der Waals surface area contributed by atoms with Gasteiger partial charge in [-0.05, 0) is 45.0 Å². The summed E-state index contributed by atoms with van der Waals surface area (Å²) >= 11 is 2.26. The molecule has 1 unspecified atom stereocenters. The Morgan fingerprint density at radius 3 is 2.50 bits per heavy atom. The average molecular weight is 647 g/mol. The summed E-state index contributed by atoms with van der Waals surface area (Å²) in [6, 6.07) is 3.63. The van der Waals surface area contributed by atoms with Gasteiger partial charge in [0, 0.05) is 60.0 Å². The van der Waals surface area contributed by atoms with Crippen LogP contribution in [0.15, 0.2) is 35.3 Å². The molecule has 1 aromatic heterocycles. The summed E-state index contributed by atoms with van der Waals surface area (Å²) in [7, 11) is 2.00. The number of halogens is 5. The Bertz CT molecular complexity index is 1280. The zero-order valence-corrected chi connectivity index (χ0v) is 23.4. The summed E-state index contributed by atoms with van der Waals surface area (Å²) in [6.45, 7) is 5.71. The summed E-state index contributed by atoms with van der Waals surface area (Å²) in [6.07, 6.45) is -1.69. The molecule has 2 aliphatic heterocycles. The summed E-state index contributed by atoms with van der Waals surface area (Å²) in [5.41, 5.74) is -1.36. The van der Waals surface area contributed by atoms with Gasteiger partial charge in [-0.15, -0.1) is 0 Å². The number of carbonyl (C=O) groups excluding carboxylic acids is 1. The molecule has 12 heteroatoms. The van der Waals surface area contributed by atoms with E-state index in [4.69, 9.17) is 0 Å². The zero-order chi connectivity index (χ0) is 27.8. The maximum atomic E-state index is 15.6. The van der Waals surface area contributed by atoms with Crippen LogP contribution in [-0.4, -0.2) is 65.0 Å². The number of hydrogen-bond acceptors (Lipinski definition) is 5. The van der Waals surface area contributed by atoms with Gasteiger partial charge in [-0.1, -0.05) is 28.7 Å². The number of aromatic amines is 1. The van der Waals surface area contributed by atoms with Crippen molar-refractivity contribution in [3.05, 3.63) is 63.3 Å². The van der Waals surface area contributed by atoms with E-state index in [0.29, 0.717) is 43.4 Å². The first-order valence-corrected chi connectivity index (χ1v) is 13.8. The van der Waals surface area contributed by atoms with Crippen molar-refractivity contribution in [3.8, 4) is 0 Å². The average Bonchev–Trinajstić information content (AvgIpc) is 2.87. The van der Waals surface area contributed by atoms with E-state index >= 15 is 4.39 Å². The fraction of sp³-hybridized carbons (Fsp3) is 0.462. The summed E-state index contributed by atoms with van der Waals surface area (Å²) in [5.74, 6) is -1.51. The number of carbonyl (C=O) groups is 1. The first-order chi connectivity index (χ1) is 17.9. The Kier molecular flexibility index (Phi) is 8.52. The number of hydrogen-bond donors (Lipinski definition) is 3. The van der Waals surface area contributed by atoms with Gasteiger partial charge in [0.1, 0.15) is 5.82 Å². The number of likely N-dealkylation sites (N-methyl/N-ethyl adjacent to an activating group) is 1. The van der Waals surface area contributed by atoms with E-state index in [2.05, 4.69) is 43.1 Å². The van der Waals surface area contributed by atoms with Crippen molar-refractivity contribution in [3.63, 3.8) is 0 Å². The van der Waals surface area contributed by atoms with Crippen LogP contribution in [0.1, 0.15) is 41.8 Å². The van der Waals surface area contributed by atoms with Gasteiger partial charge < -0.3 is 20.5 Å². The molecule has 1 amide bonds. The minimum absolute atomic E-state index is 0.123. The molecule has 1 saturated heterocycles. The molecule has 0 spiro atoms. The number of nitrogens with one attached hydrogen (secondary N) is 3. The molecule has 2 aliphatic rings. The van der Waals surface area contributed by atoms with Crippen molar-refractivity contribution in [2.45, 2.75) is 44.6 Å². The fourth-order valence-corrected chi connectivity index (χ4v) is 5.58. The van der Waals surface area contributed by atoms with E-state index < -0.39 is 34.6 Å². The van der Waals surface area contributed by atoms with Gasteiger partial charge in [-0.25, -0.2) is 4.39 Å². The van der Waals surface area contributed by atoms with Crippen LogP contribution in [0, 0.1) is 5.82 Å². The molecular formula is C26H30F4IN5O2. The molecular weight excluding hydrogens is 617 g/mol. The molecule has 0 saturated carbocycles. The number of H-pyrrole nitrogens is 1. The Hall–Kier alpha value is -2.45. The molecule has 2 aromatic rings. The van der Waals surface area contributed by atoms with Gasteiger partial charge in [0.05, 0.1) is 22.5 Å². The standard InChI is InChI=1S/C26H30F4IN5O2/c1-14-12-36(13-15(2)35(14)3)23-9-21(27)18(16-4-5-32-17(6-16)10-31)7-22(23)34-25(38)19-11-33-24(37)8-20(19)26(28,29)30/h4,7-9,11,14-15,17,32H,5-6,10,12-13H2,1-3H3,(H,33,37)(H,34,38)/t14-,15+,17?. The predicted molar refractivity (Wildman–Crippen MR) is 149 cm³/mol. The molecule has 7 nitrogen and oxygen atoms in total. The molecule has 0 radical (unpaired) electrons. The number of aromatic nitrogens is 1. The second-order valence-electron chi connectivity index (χ2n) is 9.89. The van der Waals surface area contributed by atoms with E-state index in [1.807, 2.05) is 31.9 Å². The number of amides is 1. The molecule has 3 N–H and O–H groups in total. The van der Waals surface area contributed by atoms with Crippen LogP contribution >= 0.6 is 22.6 Å². The number of benzene rings is 1. The first kappa shape index (κ1) is 28.6. The van der Waals surface area contributed by atoms with Crippen LogP contribution in [-0.2, 0) is 6.18 Å². The monoisotopic (exact) mass is 647 g/mol. The van der Waals surface area contributed by atoms with Crippen molar-refractivity contribution in [2.75, 3.05) is 41.3 Å². The summed E-state index contributed by atoms with van der Waals surface area (Å²) in [5, 5.41) is 5.94. The highest BCUT2D eigenvalue weighted by molar-refractivity contribution is 14.1. The Morgan fingerprint density at radius 1 is 1.18 bits per heavy atom. The van der Waals surface area contributed by atoms with Gasteiger partial charge in [-0.2, -0.15) is 13.2 Å². The first-order valence-electron chi connectivity index (χ1n) is 12.3. The molecule has 1 fully saturated rings. The minimum Gasteiger partial charge on any atom is -0.367 e. The molecule has 4 rings (SSSR count). The second kappa shape index (κ2) is 11.3. The fourth-order valence-electron chi connectivity index (χ4n) is 4.95. The maximum absolute atomic E-state index is 15.6. The lowest BCUT2D eigenvalue weighted by molar-refractivity contribution is -0.138. The number of nitrogens with zero attached hydrogens (tertiary/aromatic N) is 2. The Labute approximate surface area is 231 Å². The minimum atomic E-state index is -4.91. The van der Waals surface area contributed by atoms with Crippen LogP contribution in [0.4, 0.5) is 28.9 Å². The highest BCUT2D eigenvalue weighted by Gasteiger charge is 2.36. The van der Waals surface area contributed by atoms with Gasteiger partial charge in [-0.3, -0.25) is 14.5 Å². The molecule has 38 heavy (non-hydrogen) atoms. The molecule has 1 aromatic carbocycles. The lowest BCUT2D eigenvalue weighted by atomic mass is 9.94. The van der Waals surface area contributed by atoms with Crippen LogP contribution < -0.4 is 21.1 Å². The van der Waals surface area contributed by atoms with Crippen molar-refractivity contribution in [1.82, 2.24) is 15.2 Å². The topological polar surface area (TPSA) is 80.5 Å². The van der Waals surface area contributed by atoms with Crippen LogP contribution in [0.25, 0.3) is 5.57 Å². The number of pyridine rings is 1. The second-order valence-corrected chi connectivity index (χ2v) is 10.8. The highest BCUT2D eigenvalue weighted by Crippen LogP contribution is 2.37. The van der Waals surface area contributed by atoms with E-state index in [0.717, 1.165) is 16.2 Å². The lowest BCUT2D eigenvalue weighted by Crippen LogP contribution is -2.55. The van der Waals surface area contributed by atoms with Gasteiger partial charge in [0.25, 0.3) is 5.91 Å². The van der Waals surface area contributed by atoms with Crippen LogP contribution in [0.2, 0.25) is 0 Å². The van der Waals surface area contributed by atoms with Crippen LogP contribution in [0.3, 0.4) is 0 Å². The number of anilines is 2. The van der Waals surface area contributed by atoms with E-state index in [1.54, 1.807) is 0 Å². The van der Waals surface area contributed by atoms with Crippen LogP contribution in [0.5, 0.6) is 0 Å². The molecule has 0 aliphatic carbocycles.